The predicted molar refractivity (Wildman–Crippen MR) is 46.6 cm³/mol. The maximum absolute atomic E-state index is 11.9. The summed E-state index contributed by atoms with van der Waals surface area (Å²) in [6.45, 7) is 0. The summed E-state index contributed by atoms with van der Waals surface area (Å²) in [5, 5.41) is 0. The highest BCUT2D eigenvalue weighted by molar-refractivity contribution is 5.09. The molecular formula is C9H11F3N2. The van der Waals surface area contributed by atoms with Gasteiger partial charge in [-0.1, -0.05) is 6.07 Å². The number of nitrogens with two attached hydrogens (primary N) is 1. The Balaban J connectivity index is 2.46. The van der Waals surface area contributed by atoms with Crippen molar-refractivity contribution in [3.8, 4) is 0 Å². The minimum Gasteiger partial charge on any atom is -0.327 e. The zero-order valence-corrected chi connectivity index (χ0v) is 7.46. The summed E-state index contributed by atoms with van der Waals surface area (Å²) in [6.07, 6.45) is -1.86. The van der Waals surface area contributed by atoms with E-state index in [0.29, 0.717) is 0 Å². The van der Waals surface area contributed by atoms with Crippen LogP contribution in [0.2, 0.25) is 0 Å². The molecule has 1 unspecified atom stereocenters. The molecule has 14 heavy (non-hydrogen) atoms. The lowest BCUT2D eigenvalue weighted by atomic mass is 10.1. The number of hydrogen-bond acceptors (Lipinski definition) is 2. The molecule has 2 nitrogen and oxygen atoms in total. The summed E-state index contributed by atoms with van der Waals surface area (Å²) >= 11 is 0. The van der Waals surface area contributed by atoms with Gasteiger partial charge in [-0.05, 0) is 18.1 Å². The molecule has 0 aliphatic rings. The van der Waals surface area contributed by atoms with Gasteiger partial charge in [-0.2, -0.15) is 13.2 Å². The first-order chi connectivity index (χ1) is 6.47. The van der Waals surface area contributed by atoms with E-state index in [1.54, 1.807) is 18.3 Å². The Morgan fingerprint density at radius 3 is 2.64 bits per heavy atom. The summed E-state index contributed by atoms with van der Waals surface area (Å²) in [5.41, 5.74) is 6.07. The number of rotatable bonds is 3. The standard InChI is InChI=1S/C9H11F3N2/c10-9(11,12)5-8(13)4-7-2-1-3-14-6-7/h1-3,6,8H,4-5,13H2. The van der Waals surface area contributed by atoms with Gasteiger partial charge in [-0.25, -0.2) is 0 Å². The second-order valence-electron chi connectivity index (χ2n) is 3.14. The zero-order valence-electron chi connectivity index (χ0n) is 7.46. The minimum atomic E-state index is -4.19. The lowest BCUT2D eigenvalue weighted by Crippen LogP contribution is -2.29. The lowest BCUT2D eigenvalue weighted by molar-refractivity contribution is -0.138. The van der Waals surface area contributed by atoms with Crippen molar-refractivity contribution < 1.29 is 13.2 Å². The third kappa shape index (κ3) is 4.23. The van der Waals surface area contributed by atoms with Gasteiger partial charge in [0.1, 0.15) is 0 Å². The molecular weight excluding hydrogens is 193 g/mol. The summed E-state index contributed by atoms with van der Waals surface area (Å²) in [5.74, 6) is 0. The first-order valence-electron chi connectivity index (χ1n) is 4.18. The Kier molecular flexibility index (Phi) is 3.46. The van der Waals surface area contributed by atoms with Crippen LogP contribution < -0.4 is 5.73 Å². The molecule has 0 aliphatic heterocycles. The van der Waals surface area contributed by atoms with Crippen LogP contribution in [0.5, 0.6) is 0 Å². The van der Waals surface area contributed by atoms with Crippen molar-refractivity contribution in [3.63, 3.8) is 0 Å². The number of hydrogen-bond donors (Lipinski definition) is 1. The SMILES string of the molecule is NC(Cc1cccnc1)CC(F)(F)F. The molecule has 0 saturated carbocycles. The van der Waals surface area contributed by atoms with Gasteiger partial charge in [0.2, 0.25) is 0 Å². The zero-order chi connectivity index (χ0) is 10.6. The average molecular weight is 204 g/mol. The lowest BCUT2D eigenvalue weighted by Gasteiger charge is -2.13. The first kappa shape index (κ1) is 11.0. The Bertz CT molecular complexity index is 271. The van der Waals surface area contributed by atoms with Gasteiger partial charge >= 0.3 is 6.18 Å². The highest BCUT2D eigenvalue weighted by Crippen LogP contribution is 2.21. The summed E-state index contributed by atoms with van der Waals surface area (Å²) in [4.78, 5) is 3.80. The van der Waals surface area contributed by atoms with Gasteiger partial charge < -0.3 is 5.73 Å². The number of nitrogens with zero attached hydrogens (tertiary/aromatic N) is 1. The second kappa shape index (κ2) is 4.41. The summed E-state index contributed by atoms with van der Waals surface area (Å²) < 4.78 is 35.7. The Hall–Kier alpha value is -1.10. The number of halogens is 3. The monoisotopic (exact) mass is 204 g/mol. The Morgan fingerprint density at radius 2 is 2.14 bits per heavy atom. The number of aromatic nitrogens is 1. The molecule has 78 valence electrons. The third-order valence-electron chi connectivity index (χ3n) is 1.71. The highest BCUT2D eigenvalue weighted by atomic mass is 19.4. The molecule has 2 N–H and O–H groups in total. The van der Waals surface area contributed by atoms with Crippen LogP contribution in [0.15, 0.2) is 24.5 Å². The van der Waals surface area contributed by atoms with E-state index in [-0.39, 0.29) is 6.42 Å². The smallest absolute Gasteiger partial charge is 0.327 e. The van der Waals surface area contributed by atoms with E-state index < -0.39 is 18.6 Å². The molecule has 0 bridgehead atoms. The van der Waals surface area contributed by atoms with E-state index in [9.17, 15) is 13.2 Å². The predicted octanol–water partition coefficient (Wildman–Crippen LogP) is 1.90. The van der Waals surface area contributed by atoms with Crippen LogP contribution in [0.4, 0.5) is 13.2 Å². The molecule has 5 heteroatoms. The van der Waals surface area contributed by atoms with Crippen LogP contribution in [0, 0.1) is 0 Å². The van der Waals surface area contributed by atoms with E-state index in [4.69, 9.17) is 5.73 Å². The fourth-order valence-corrected chi connectivity index (χ4v) is 1.19. The first-order valence-corrected chi connectivity index (χ1v) is 4.18. The number of pyridine rings is 1. The second-order valence-corrected chi connectivity index (χ2v) is 3.14. The molecule has 1 heterocycles. The van der Waals surface area contributed by atoms with Gasteiger partial charge in [0.25, 0.3) is 0 Å². The van der Waals surface area contributed by atoms with E-state index >= 15 is 0 Å². The molecule has 0 fully saturated rings. The van der Waals surface area contributed by atoms with Gasteiger partial charge in [0, 0.05) is 18.4 Å². The van der Waals surface area contributed by atoms with Crippen molar-refractivity contribution in [2.75, 3.05) is 0 Å². The van der Waals surface area contributed by atoms with Crippen molar-refractivity contribution in [2.24, 2.45) is 5.73 Å². The summed E-state index contributed by atoms with van der Waals surface area (Å²) in [7, 11) is 0. The van der Waals surface area contributed by atoms with E-state index in [1.807, 2.05) is 0 Å². The quantitative estimate of drug-likeness (QED) is 0.816. The van der Waals surface area contributed by atoms with Gasteiger partial charge in [0.05, 0.1) is 6.42 Å². The molecule has 0 amide bonds. The maximum Gasteiger partial charge on any atom is 0.390 e. The molecule has 1 atom stereocenters. The largest absolute Gasteiger partial charge is 0.390 e. The minimum absolute atomic E-state index is 0.202. The average Bonchev–Trinajstić information content (AvgIpc) is 2.02. The molecule has 0 saturated heterocycles. The van der Waals surface area contributed by atoms with Crippen LogP contribution in [0.1, 0.15) is 12.0 Å². The van der Waals surface area contributed by atoms with Crippen molar-refractivity contribution in [1.82, 2.24) is 4.98 Å². The van der Waals surface area contributed by atoms with E-state index in [1.165, 1.54) is 6.20 Å². The Labute approximate surface area is 79.9 Å². The van der Waals surface area contributed by atoms with Crippen LogP contribution in [-0.2, 0) is 6.42 Å². The molecule has 0 spiro atoms. The Morgan fingerprint density at radius 1 is 1.43 bits per heavy atom. The fourth-order valence-electron chi connectivity index (χ4n) is 1.19. The molecule has 0 radical (unpaired) electrons. The normalized spacial score (nSPS) is 14.0. The van der Waals surface area contributed by atoms with Gasteiger partial charge in [-0.15, -0.1) is 0 Å². The van der Waals surface area contributed by atoms with Crippen molar-refractivity contribution in [3.05, 3.63) is 30.1 Å². The fraction of sp³-hybridized carbons (Fsp3) is 0.444. The molecule has 1 aromatic rings. The van der Waals surface area contributed by atoms with Crippen LogP contribution in [0.25, 0.3) is 0 Å². The van der Waals surface area contributed by atoms with Crippen LogP contribution >= 0.6 is 0 Å². The van der Waals surface area contributed by atoms with Crippen molar-refractivity contribution in [1.29, 1.82) is 0 Å². The maximum atomic E-state index is 11.9. The molecule has 1 aromatic heterocycles. The van der Waals surface area contributed by atoms with Crippen molar-refractivity contribution in [2.45, 2.75) is 25.1 Å². The van der Waals surface area contributed by atoms with E-state index in [2.05, 4.69) is 4.98 Å². The molecule has 0 aromatic carbocycles. The number of alkyl halides is 3. The van der Waals surface area contributed by atoms with Gasteiger partial charge in [-0.3, -0.25) is 4.98 Å². The summed E-state index contributed by atoms with van der Waals surface area (Å²) in [6, 6.07) is 2.50. The molecule has 0 aliphatic carbocycles. The van der Waals surface area contributed by atoms with Crippen LogP contribution in [-0.4, -0.2) is 17.2 Å². The third-order valence-corrected chi connectivity index (χ3v) is 1.71. The topological polar surface area (TPSA) is 38.9 Å². The van der Waals surface area contributed by atoms with Crippen LogP contribution in [0.3, 0.4) is 0 Å². The van der Waals surface area contributed by atoms with E-state index in [0.717, 1.165) is 5.56 Å². The highest BCUT2D eigenvalue weighted by Gasteiger charge is 2.30. The van der Waals surface area contributed by atoms with Gasteiger partial charge in [0.15, 0.2) is 0 Å². The molecule has 1 rings (SSSR count). The van der Waals surface area contributed by atoms with Crippen molar-refractivity contribution >= 4 is 0 Å².